The van der Waals surface area contributed by atoms with Crippen LogP contribution in [-0.4, -0.2) is 20.9 Å². The molecule has 0 saturated heterocycles. The van der Waals surface area contributed by atoms with Crippen LogP contribution in [0.15, 0.2) is 24.4 Å². The molecule has 0 unspecified atom stereocenters. The zero-order valence-corrected chi connectivity index (χ0v) is 10.3. The van der Waals surface area contributed by atoms with E-state index in [9.17, 15) is 4.79 Å². The highest BCUT2D eigenvalue weighted by Crippen LogP contribution is 2.22. The molecule has 88 valence electrons. The van der Waals surface area contributed by atoms with Crippen molar-refractivity contribution in [2.24, 2.45) is 7.05 Å². The molecule has 0 aliphatic heterocycles. The van der Waals surface area contributed by atoms with Gasteiger partial charge in [0.1, 0.15) is 0 Å². The number of amides is 1. The molecule has 2 aromatic rings. The Hall–Kier alpha value is -1.59. The summed E-state index contributed by atoms with van der Waals surface area (Å²) in [7, 11) is 1.68. The van der Waals surface area contributed by atoms with Gasteiger partial charge in [-0.25, -0.2) is 0 Å². The van der Waals surface area contributed by atoms with Gasteiger partial charge in [-0.3, -0.25) is 9.48 Å². The van der Waals surface area contributed by atoms with Crippen molar-refractivity contribution in [3.05, 3.63) is 40.1 Å². The minimum atomic E-state index is -0.364. The van der Waals surface area contributed by atoms with Gasteiger partial charge in [0.15, 0.2) is 5.69 Å². The number of benzene rings is 1. The number of nitrogens with zero attached hydrogens (tertiary/aromatic N) is 3. The molecule has 0 fully saturated rings. The van der Waals surface area contributed by atoms with Crippen molar-refractivity contribution in [1.82, 2.24) is 15.0 Å². The van der Waals surface area contributed by atoms with E-state index in [1.165, 1.54) is 10.9 Å². The van der Waals surface area contributed by atoms with Crippen LogP contribution in [0.3, 0.4) is 0 Å². The van der Waals surface area contributed by atoms with Gasteiger partial charge in [-0.1, -0.05) is 28.4 Å². The number of hydrogen-bond acceptors (Lipinski definition) is 3. The van der Waals surface area contributed by atoms with Crippen LogP contribution in [-0.2, 0) is 7.05 Å². The molecule has 0 aliphatic rings. The lowest BCUT2D eigenvalue weighted by Gasteiger charge is -2.03. The van der Waals surface area contributed by atoms with Crippen molar-refractivity contribution in [2.75, 3.05) is 5.32 Å². The largest absolute Gasteiger partial charge is 0.320 e. The van der Waals surface area contributed by atoms with Crippen molar-refractivity contribution < 1.29 is 4.79 Å². The molecule has 0 radical (unpaired) electrons. The zero-order chi connectivity index (χ0) is 12.4. The van der Waals surface area contributed by atoms with Gasteiger partial charge in [-0.2, -0.15) is 0 Å². The van der Waals surface area contributed by atoms with E-state index in [-0.39, 0.29) is 11.6 Å². The molecular weight excluding hydrogens is 263 g/mol. The fourth-order valence-electron chi connectivity index (χ4n) is 1.27. The normalized spacial score (nSPS) is 10.3. The minimum absolute atomic E-state index is 0.226. The fourth-order valence-corrected chi connectivity index (χ4v) is 1.80. The van der Waals surface area contributed by atoms with Gasteiger partial charge in [0.25, 0.3) is 5.91 Å². The van der Waals surface area contributed by atoms with Crippen molar-refractivity contribution in [2.45, 2.75) is 0 Å². The molecule has 0 aliphatic carbocycles. The second kappa shape index (κ2) is 4.73. The number of anilines is 1. The maximum Gasteiger partial charge on any atom is 0.277 e. The summed E-state index contributed by atoms with van der Waals surface area (Å²) in [5.41, 5.74) is 0.738. The van der Waals surface area contributed by atoms with E-state index in [2.05, 4.69) is 15.6 Å². The number of nitrogens with one attached hydrogen (secondary N) is 1. The van der Waals surface area contributed by atoms with Gasteiger partial charge in [-0.05, 0) is 18.2 Å². The Morgan fingerprint density at radius 2 is 1.94 bits per heavy atom. The monoisotopic (exact) mass is 270 g/mol. The van der Waals surface area contributed by atoms with Crippen molar-refractivity contribution in [3.8, 4) is 0 Å². The Kier molecular flexibility index (Phi) is 3.31. The molecule has 1 aromatic carbocycles. The maximum atomic E-state index is 11.7. The van der Waals surface area contributed by atoms with Gasteiger partial charge >= 0.3 is 0 Å². The van der Waals surface area contributed by atoms with Gasteiger partial charge in [-0.15, -0.1) is 5.10 Å². The molecule has 0 bridgehead atoms. The third-order valence-electron chi connectivity index (χ3n) is 1.96. The van der Waals surface area contributed by atoms with Crippen LogP contribution in [0.25, 0.3) is 0 Å². The molecule has 17 heavy (non-hydrogen) atoms. The van der Waals surface area contributed by atoms with Crippen LogP contribution in [0.5, 0.6) is 0 Å². The Bertz CT molecular complexity index is 547. The summed E-state index contributed by atoms with van der Waals surface area (Å²) >= 11 is 11.6. The van der Waals surface area contributed by atoms with Gasteiger partial charge in [0.2, 0.25) is 0 Å². The highest BCUT2D eigenvalue weighted by Gasteiger charge is 2.10. The van der Waals surface area contributed by atoms with Crippen LogP contribution >= 0.6 is 23.2 Å². The van der Waals surface area contributed by atoms with Gasteiger partial charge in [0, 0.05) is 22.8 Å². The summed E-state index contributed by atoms with van der Waals surface area (Å²) in [6.45, 7) is 0. The van der Waals surface area contributed by atoms with Crippen molar-refractivity contribution >= 4 is 34.8 Å². The molecule has 1 heterocycles. The van der Waals surface area contributed by atoms with E-state index in [0.29, 0.717) is 15.7 Å². The highest BCUT2D eigenvalue weighted by atomic mass is 35.5. The summed E-state index contributed by atoms with van der Waals surface area (Å²) in [5.74, 6) is -0.364. The van der Waals surface area contributed by atoms with E-state index in [1.807, 2.05) is 0 Å². The predicted molar refractivity (Wildman–Crippen MR) is 65.4 cm³/mol. The van der Waals surface area contributed by atoms with E-state index >= 15 is 0 Å². The number of aryl methyl sites for hydroxylation is 1. The molecule has 2 rings (SSSR count). The first-order chi connectivity index (χ1) is 8.04. The minimum Gasteiger partial charge on any atom is -0.320 e. The Morgan fingerprint density at radius 3 is 2.47 bits per heavy atom. The molecule has 1 aromatic heterocycles. The Labute approximate surface area is 107 Å². The smallest absolute Gasteiger partial charge is 0.277 e. The van der Waals surface area contributed by atoms with Crippen molar-refractivity contribution in [3.63, 3.8) is 0 Å². The Morgan fingerprint density at radius 1 is 1.29 bits per heavy atom. The topological polar surface area (TPSA) is 59.8 Å². The SMILES string of the molecule is Cn1cc(C(=O)Nc2cc(Cl)cc(Cl)c2)nn1. The zero-order valence-electron chi connectivity index (χ0n) is 8.82. The van der Waals surface area contributed by atoms with Gasteiger partial charge < -0.3 is 5.32 Å². The fraction of sp³-hybridized carbons (Fsp3) is 0.100. The van der Waals surface area contributed by atoms with E-state index in [0.717, 1.165) is 0 Å². The first-order valence-electron chi connectivity index (χ1n) is 4.68. The molecule has 1 amide bonds. The second-order valence-corrected chi connectivity index (χ2v) is 4.26. The van der Waals surface area contributed by atoms with Crippen LogP contribution in [0.4, 0.5) is 5.69 Å². The predicted octanol–water partition coefficient (Wildman–Crippen LogP) is 2.37. The van der Waals surface area contributed by atoms with Crippen LogP contribution < -0.4 is 5.32 Å². The first-order valence-corrected chi connectivity index (χ1v) is 5.44. The lowest BCUT2D eigenvalue weighted by Crippen LogP contribution is -2.12. The average Bonchev–Trinajstić information content (AvgIpc) is 2.63. The lowest BCUT2D eigenvalue weighted by molar-refractivity contribution is 0.102. The van der Waals surface area contributed by atoms with Gasteiger partial charge in [0.05, 0.1) is 6.20 Å². The lowest BCUT2D eigenvalue weighted by atomic mass is 10.3. The quantitative estimate of drug-likeness (QED) is 0.912. The number of hydrogen-bond donors (Lipinski definition) is 1. The molecular formula is C10H8Cl2N4O. The maximum absolute atomic E-state index is 11.7. The second-order valence-electron chi connectivity index (χ2n) is 3.39. The molecule has 5 nitrogen and oxygen atoms in total. The number of aromatic nitrogens is 3. The van der Waals surface area contributed by atoms with E-state index in [1.54, 1.807) is 25.2 Å². The third kappa shape index (κ3) is 2.95. The van der Waals surface area contributed by atoms with Crippen molar-refractivity contribution in [1.29, 1.82) is 0 Å². The molecule has 0 atom stereocenters. The summed E-state index contributed by atoms with van der Waals surface area (Å²) in [4.78, 5) is 11.7. The van der Waals surface area contributed by atoms with E-state index < -0.39 is 0 Å². The molecule has 7 heteroatoms. The number of rotatable bonds is 2. The number of halogens is 2. The first kappa shape index (κ1) is 11.9. The van der Waals surface area contributed by atoms with E-state index in [4.69, 9.17) is 23.2 Å². The van der Waals surface area contributed by atoms with Crippen LogP contribution in [0.2, 0.25) is 10.0 Å². The molecule has 1 N–H and O–H groups in total. The summed E-state index contributed by atoms with van der Waals surface area (Å²) in [6.07, 6.45) is 1.52. The highest BCUT2D eigenvalue weighted by molar-refractivity contribution is 6.35. The standard InChI is InChI=1S/C10H8Cl2N4O/c1-16-5-9(14-15-16)10(17)13-8-3-6(11)2-7(12)4-8/h2-5H,1H3,(H,13,17). The van der Waals surface area contributed by atoms with Crippen LogP contribution in [0, 0.1) is 0 Å². The number of carbonyl (C=O) groups is 1. The molecule has 0 saturated carbocycles. The third-order valence-corrected chi connectivity index (χ3v) is 2.39. The van der Waals surface area contributed by atoms with Crippen LogP contribution in [0.1, 0.15) is 10.5 Å². The summed E-state index contributed by atoms with van der Waals surface area (Å²) in [6, 6.07) is 4.78. The Balaban J connectivity index is 2.18. The average molecular weight is 271 g/mol. The number of carbonyl (C=O) groups excluding carboxylic acids is 1. The summed E-state index contributed by atoms with van der Waals surface area (Å²) in [5, 5.41) is 10.9. The molecule has 0 spiro atoms. The summed E-state index contributed by atoms with van der Waals surface area (Å²) < 4.78 is 1.44.